The van der Waals surface area contributed by atoms with E-state index in [2.05, 4.69) is 23.9 Å². The lowest BCUT2D eigenvalue weighted by Gasteiger charge is -2.08. The highest BCUT2D eigenvalue weighted by molar-refractivity contribution is 7.99. The maximum atomic E-state index is 5.73. The molecule has 1 heterocycles. The van der Waals surface area contributed by atoms with E-state index in [0.29, 0.717) is 0 Å². The molecular formula is C11H15NS. The van der Waals surface area contributed by atoms with Gasteiger partial charge in [0.15, 0.2) is 0 Å². The number of nitrogen functional groups attached to an aromatic ring is 1. The molecule has 2 rings (SSSR count). The first-order chi connectivity index (χ1) is 6.34. The van der Waals surface area contributed by atoms with Crippen LogP contribution in [0.5, 0.6) is 0 Å². The Bertz CT molecular complexity index is 279. The Kier molecular flexibility index (Phi) is 2.79. The van der Waals surface area contributed by atoms with Gasteiger partial charge in [-0.05, 0) is 48.0 Å². The van der Waals surface area contributed by atoms with E-state index >= 15 is 0 Å². The van der Waals surface area contributed by atoms with Crippen molar-refractivity contribution in [2.45, 2.75) is 12.8 Å². The summed E-state index contributed by atoms with van der Waals surface area (Å²) in [5, 5.41) is 0. The molecule has 0 amide bonds. The van der Waals surface area contributed by atoms with Gasteiger partial charge < -0.3 is 5.73 Å². The largest absolute Gasteiger partial charge is 0.399 e. The molecule has 1 fully saturated rings. The Hall–Kier alpha value is -0.630. The number of nitrogens with two attached hydrogens (primary N) is 1. The number of rotatable bonds is 2. The van der Waals surface area contributed by atoms with Crippen molar-refractivity contribution in [3.8, 4) is 0 Å². The van der Waals surface area contributed by atoms with Gasteiger partial charge in [0.05, 0.1) is 0 Å². The lowest BCUT2D eigenvalue weighted by Crippen LogP contribution is -2.02. The molecule has 1 aliphatic rings. The maximum Gasteiger partial charge on any atom is 0.0316 e. The summed E-state index contributed by atoms with van der Waals surface area (Å²) in [5.41, 5.74) is 8.02. The number of anilines is 1. The topological polar surface area (TPSA) is 26.0 Å². The molecule has 1 aromatic rings. The fourth-order valence-corrected chi connectivity index (χ4v) is 3.08. The second kappa shape index (κ2) is 4.05. The molecule has 0 spiro atoms. The Labute approximate surface area is 83.7 Å². The average Bonchev–Trinajstić information content (AvgIpc) is 2.57. The highest BCUT2D eigenvalue weighted by atomic mass is 32.2. The fraction of sp³-hybridized carbons (Fsp3) is 0.455. The smallest absolute Gasteiger partial charge is 0.0316 e. The summed E-state index contributed by atoms with van der Waals surface area (Å²) in [6.07, 6.45) is 2.58. The normalized spacial score (nSPS) is 22.0. The molecular weight excluding hydrogens is 178 g/mol. The van der Waals surface area contributed by atoms with Gasteiger partial charge in [-0.25, -0.2) is 0 Å². The lowest BCUT2D eigenvalue weighted by atomic mass is 9.99. The maximum absolute atomic E-state index is 5.73. The Morgan fingerprint density at radius 3 is 3.08 bits per heavy atom. The molecule has 1 nitrogen and oxygen atoms in total. The van der Waals surface area contributed by atoms with Crippen LogP contribution in [0.25, 0.3) is 0 Å². The second-order valence-electron chi connectivity index (χ2n) is 3.68. The SMILES string of the molecule is Nc1cccc(CC2CCSC2)c1. The molecule has 1 aromatic carbocycles. The van der Waals surface area contributed by atoms with Crippen molar-refractivity contribution < 1.29 is 0 Å². The van der Waals surface area contributed by atoms with Crippen LogP contribution in [0.3, 0.4) is 0 Å². The van der Waals surface area contributed by atoms with Crippen LogP contribution in [0.1, 0.15) is 12.0 Å². The highest BCUT2D eigenvalue weighted by Gasteiger charge is 2.15. The first-order valence-electron chi connectivity index (χ1n) is 4.77. The summed E-state index contributed by atoms with van der Waals surface area (Å²) < 4.78 is 0. The number of thioether (sulfide) groups is 1. The number of benzene rings is 1. The van der Waals surface area contributed by atoms with E-state index in [9.17, 15) is 0 Å². The van der Waals surface area contributed by atoms with Gasteiger partial charge in [-0.15, -0.1) is 0 Å². The number of hydrogen-bond donors (Lipinski definition) is 1. The van der Waals surface area contributed by atoms with E-state index in [1.54, 1.807) is 0 Å². The van der Waals surface area contributed by atoms with Gasteiger partial charge in [0, 0.05) is 5.69 Å². The van der Waals surface area contributed by atoms with Gasteiger partial charge in [-0.3, -0.25) is 0 Å². The minimum atomic E-state index is 0.881. The quantitative estimate of drug-likeness (QED) is 0.730. The van der Waals surface area contributed by atoms with Crippen LogP contribution in [-0.2, 0) is 6.42 Å². The monoisotopic (exact) mass is 193 g/mol. The molecule has 0 saturated carbocycles. The molecule has 0 bridgehead atoms. The Morgan fingerprint density at radius 1 is 1.46 bits per heavy atom. The van der Waals surface area contributed by atoms with Crippen LogP contribution in [0.2, 0.25) is 0 Å². The fourth-order valence-electron chi connectivity index (χ4n) is 1.80. The third kappa shape index (κ3) is 2.41. The van der Waals surface area contributed by atoms with E-state index in [-0.39, 0.29) is 0 Å². The third-order valence-electron chi connectivity index (χ3n) is 2.50. The van der Waals surface area contributed by atoms with Crippen molar-refractivity contribution in [3.05, 3.63) is 29.8 Å². The Balaban J connectivity index is 2.00. The van der Waals surface area contributed by atoms with E-state index in [1.165, 1.54) is 29.9 Å². The summed E-state index contributed by atoms with van der Waals surface area (Å²) in [4.78, 5) is 0. The van der Waals surface area contributed by atoms with Crippen LogP contribution in [0.15, 0.2) is 24.3 Å². The van der Waals surface area contributed by atoms with Crippen molar-refractivity contribution >= 4 is 17.4 Å². The molecule has 1 saturated heterocycles. The predicted octanol–water partition coefficient (Wildman–Crippen LogP) is 2.56. The lowest BCUT2D eigenvalue weighted by molar-refractivity contribution is 0.596. The highest BCUT2D eigenvalue weighted by Crippen LogP contribution is 2.26. The van der Waals surface area contributed by atoms with Crippen LogP contribution in [0, 0.1) is 5.92 Å². The summed E-state index contributed by atoms with van der Waals surface area (Å²) in [6.45, 7) is 0. The van der Waals surface area contributed by atoms with E-state index in [0.717, 1.165) is 11.6 Å². The minimum absolute atomic E-state index is 0.881. The minimum Gasteiger partial charge on any atom is -0.399 e. The van der Waals surface area contributed by atoms with Gasteiger partial charge in [-0.2, -0.15) is 11.8 Å². The van der Waals surface area contributed by atoms with E-state index in [1.807, 2.05) is 12.1 Å². The third-order valence-corrected chi connectivity index (χ3v) is 3.73. The summed E-state index contributed by atoms with van der Waals surface area (Å²) >= 11 is 2.07. The van der Waals surface area contributed by atoms with Gasteiger partial charge in [0.1, 0.15) is 0 Å². The van der Waals surface area contributed by atoms with Crippen molar-refractivity contribution in [1.29, 1.82) is 0 Å². The molecule has 0 aliphatic carbocycles. The molecule has 70 valence electrons. The van der Waals surface area contributed by atoms with Crippen LogP contribution in [0.4, 0.5) is 5.69 Å². The Morgan fingerprint density at radius 2 is 2.38 bits per heavy atom. The molecule has 0 radical (unpaired) electrons. The first kappa shape index (κ1) is 8.95. The van der Waals surface area contributed by atoms with Crippen molar-refractivity contribution in [2.75, 3.05) is 17.2 Å². The van der Waals surface area contributed by atoms with E-state index < -0.39 is 0 Å². The van der Waals surface area contributed by atoms with Crippen LogP contribution >= 0.6 is 11.8 Å². The summed E-state index contributed by atoms with van der Waals surface area (Å²) in [6, 6.07) is 8.28. The zero-order valence-corrected chi connectivity index (χ0v) is 8.52. The predicted molar refractivity (Wildman–Crippen MR) is 60.0 cm³/mol. The molecule has 1 aliphatic heterocycles. The number of hydrogen-bond acceptors (Lipinski definition) is 2. The molecule has 2 N–H and O–H groups in total. The molecule has 0 aromatic heterocycles. The van der Waals surface area contributed by atoms with Crippen molar-refractivity contribution in [2.24, 2.45) is 5.92 Å². The first-order valence-corrected chi connectivity index (χ1v) is 5.92. The van der Waals surface area contributed by atoms with Gasteiger partial charge >= 0.3 is 0 Å². The molecule has 13 heavy (non-hydrogen) atoms. The second-order valence-corrected chi connectivity index (χ2v) is 4.83. The van der Waals surface area contributed by atoms with Crippen molar-refractivity contribution in [3.63, 3.8) is 0 Å². The standard InChI is InChI=1S/C11H15NS/c12-11-3-1-2-9(7-11)6-10-4-5-13-8-10/h1-3,7,10H,4-6,8,12H2. The summed E-state index contributed by atoms with van der Waals surface area (Å²) in [5.74, 6) is 3.55. The molecule has 1 unspecified atom stereocenters. The van der Waals surface area contributed by atoms with E-state index in [4.69, 9.17) is 5.73 Å². The van der Waals surface area contributed by atoms with Crippen LogP contribution in [-0.4, -0.2) is 11.5 Å². The summed E-state index contributed by atoms with van der Waals surface area (Å²) in [7, 11) is 0. The van der Waals surface area contributed by atoms with Gasteiger partial charge in [0.2, 0.25) is 0 Å². The van der Waals surface area contributed by atoms with Gasteiger partial charge in [-0.1, -0.05) is 12.1 Å². The molecule has 1 atom stereocenters. The molecule has 2 heteroatoms. The van der Waals surface area contributed by atoms with Crippen molar-refractivity contribution in [1.82, 2.24) is 0 Å². The zero-order chi connectivity index (χ0) is 9.10. The average molecular weight is 193 g/mol. The van der Waals surface area contributed by atoms with Crippen LogP contribution < -0.4 is 5.73 Å². The van der Waals surface area contributed by atoms with Gasteiger partial charge in [0.25, 0.3) is 0 Å². The zero-order valence-electron chi connectivity index (χ0n) is 7.70.